The smallest absolute Gasteiger partial charge is 0.331 e. The van der Waals surface area contributed by atoms with Gasteiger partial charge in [0.05, 0.1) is 11.5 Å². The molecular formula is C39H54O6. The van der Waals surface area contributed by atoms with Gasteiger partial charge in [-0.1, -0.05) is 72.2 Å². The summed E-state index contributed by atoms with van der Waals surface area (Å²) in [6.07, 6.45) is 11.1. The minimum absolute atomic E-state index is 0.0143. The van der Waals surface area contributed by atoms with Gasteiger partial charge in [0, 0.05) is 11.5 Å². The van der Waals surface area contributed by atoms with E-state index in [9.17, 15) is 24.9 Å². The summed E-state index contributed by atoms with van der Waals surface area (Å²) in [4.78, 5) is 26.0. The van der Waals surface area contributed by atoms with E-state index in [-0.39, 0.29) is 33.8 Å². The molecule has 0 aliphatic heterocycles. The van der Waals surface area contributed by atoms with Crippen molar-refractivity contribution in [3.05, 3.63) is 47.6 Å². The van der Waals surface area contributed by atoms with Gasteiger partial charge in [0.25, 0.3) is 0 Å². The van der Waals surface area contributed by atoms with Crippen LogP contribution in [0.2, 0.25) is 0 Å². The zero-order valence-electron chi connectivity index (χ0n) is 28.3. The van der Waals surface area contributed by atoms with Crippen LogP contribution >= 0.6 is 0 Å². The maximum Gasteiger partial charge on any atom is 0.331 e. The summed E-state index contributed by atoms with van der Waals surface area (Å²) in [5.74, 6) is 0.617. The zero-order chi connectivity index (χ0) is 32.7. The summed E-state index contributed by atoms with van der Waals surface area (Å²) >= 11 is 0. The van der Waals surface area contributed by atoms with Crippen LogP contribution in [0.1, 0.15) is 105 Å². The third kappa shape index (κ3) is 4.58. The van der Waals surface area contributed by atoms with Crippen LogP contribution in [0.5, 0.6) is 5.75 Å². The van der Waals surface area contributed by atoms with Crippen LogP contribution in [-0.4, -0.2) is 39.5 Å². The number of hydrogen-bond donors (Lipinski definition) is 3. The van der Waals surface area contributed by atoms with E-state index in [1.807, 2.05) is 0 Å². The Bertz CT molecular complexity index is 1410. The fourth-order valence-electron chi connectivity index (χ4n) is 12.1. The van der Waals surface area contributed by atoms with Gasteiger partial charge in [0.15, 0.2) is 0 Å². The maximum atomic E-state index is 13.0. The van der Waals surface area contributed by atoms with Crippen molar-refractivity contribution < 1.29 is 29.6 Å². The number of ether oxygens (including phenoxy) is 1. The first-order valence-corrected chi connectivity index (χ1v) is 17.3. The number of carboxylic acid groups (broad SMARTS) is 1. The van der Waals surface area contributed by atoms with Gasteiger partial charge in [-0.25, -0.2) is 4.79 Å². The fraction of sp³-hybridized carbons (Fsp3) is 0.692. The number of aromatic hydroxyl groups is 1. The van der Waals surface area contributed by atoms with Crippen molar-refractivity contribution in [1.29, 1.82) is 0 Å². The molecule has 0 bridgehead atoms. The SMILES string of the molecule is C[C@@H]1CC[C@]2(C(=O)O)CC[C@]3(C)C(=CCC4[C@@]5(C)C[C@@H](O)[C@H](OC(=O)/C=C/c6ccc(O)cc6)C(C)(C)[C@@H]5CC[C@]43C)C2[C@H]1C. The van der Waals surface area contributed by atoms with Crippen LogP contribution in [0.15, 0.2) is 42.0 Å². The Labute approximate surface area is 269 Å². The fourth-order valence-corrected chi connectivity index (χ4v) is 12.1. The van der Waals surface area contributed by atoms with Crippen LogP contribution < -0.4 is 0 Å². The Morgan fingerprint density at radius 1 is 0.933 bits per heavy atom. The second-order valence-corrected chi connectivity index (χ2v) is 17.0. The summed E-state index contributed by atoms with van der Waals surface area (Å²) in [6, 6.07) is 6.62. The summed E-state index contributed by atoms with van der Waals surface area (Å²) in [7, 11) is 0. The lowest BCUT2D eigenvalue weighted by atomic mass is 9.33. The van der Waals surface area contributed by atoms with Crippen molar-refractivity contribution in [2.24, 2.45) is 56.7 Å². The average Bonchev–Trinajstić information content (AvgIpc) is 2.97. The number of phenols is 1. The number of hydrogen-bond acceptors (Lipinski definition) is 5. The Balaban J connectivity index is 1.29. The van der Waals surface area contributed by atoms with E-state index in [2.05, 4.69) is 54.5 Å². The highest BCUT2D eigenvalue weighted by molar-refractivity contribution is 5.87. The van der Waals surface area contributed by atoms with Gasteiger partial charge in [0.1, 0.15) is 11.9 Å². The van der Waals surface area contributed by atoms with Gasteiger partial charge in [-0.3, -0.25) is 4.79 Å². The average molecular weight is 619 g/mol. The first-order chi connectivity index (χ1) is 21.0. The molecule has 4 fully saturated rings. The van der Waals surface area contributed by atoms with E-state index in [4.69, 9.17) is 4.74 Å². The summed E-state index contributed by atoms with van der Waals surface area (Å²) < 4.78 is 6.05. The van der Waals surface area contributed by atoms with Crippen molar-refractivity contribution in [2.75, 3.05) is 0 Å². The highest BCUT2D eigenvalue weighted by Gasteiger charge is 2.70. The summed E-state index contributed by atoms with van der Waals surface area (Å²) in [6.45, 7) is 16.2. The molecule has 6 rings (SSSR count). The molecule has 5 aliphatic carbocycles. The Hall–Kier alpha value is -2.60. The number of phenolic OH excluding ortho intramolecular Hbond substituents is 1. The molecule has 0 radical (unpaired) electrons. The lowest BCUT2D eigenvalue weighted by Gasteiger charge is -2.71. The van der Waals surface area contributed by atoms with Gasteiger partial charge in [0.2, 0.25) is 0 Å². The second-order valence-electron chi connectivity index (χ2n) is 17.0. The first-order valence-electron chi connectivity index (χ1n) is 17.3. The lowest BCUT2D eigenvalue weighted by Crippen LogP contribution is -2.67. The molecule has 5 aliphatic rings. The number of carboxylic acids is 1. The van der Waals surface area contributed by atoms with Gasteiger partial charge < -0.3 is 20.1 Å². The van der Waals surface area contributed by atoms with E-state index < -0.39 is 35.0 Å². The number of aliphatic hydroxyl groups excluding tert-OH is 1. The van der Waals surface area contributed by atoms with Crippen LogP contribution in [0.3, 0.4) is 0 Å². The number of carbonyl (C=O) groups excluding carboxylic acids is 1. The predicted octanol–water partition coefficient (Wildman–Crippen LogP) is 8.03. The normalized spacial score (nSPS) is 45.3. The van der Waals surface area contributed by atoms with Crippen molar-refractivity contribution >= 4 is 18.0 Å². The molecule has 1 aromatic carbocycles. The Kier molecular flexibility index (Phi) is 7.70. The monoisotopic (exact) mass is 618 g/mol. The molecule has 246 valence electrons. The van der Waals surface area contributed by atoms with E-state index in [1.54, 1.807) is 30.3 Å². The topological polar surface area (TPSA) is 104 Å². The van der Waals surface area contributed by atoms with Gasteiger partial charge in [-0.2, -0.15) is 0 Å². The third-order valence-electron chi connectivity index (χ3n) is 14.9. The number of fused-ring (bicyclic) bond motifs is 7. The number of aliphatic hydroxyl groups is 1. The molecule has 11 atom stereocenters. The largest absolute Gasteiger partial charge is 0.508 e. The third-order valence-corrected chi connectivity index (χ3v) is 14.9. The molecule has 0 saturated heterocycles. The molecule has 45 heavy (non-hydrogen) atoms. The molecule has 0 spiro atoms. The predicted molar refractivity (Wildman–Crippen MR) is 175 cm³/mol. The molecule has 0 amide bonds. The van der Waals surface area contributed by atoms with Crippen molar-refractivity contribution in [1.82, 2.24) is 0 Å². The molecule has 3 N–H and O–H groups in total. The Morgan fingerprint density at radius 3 is 2.29 bits per heavy atom. The zero-order valence-corrected chi connectivity index (χ0v) is 28.3. The molecule has 6 nitrogen and oxygen atoms in total. The van der Waals surface area contributed by atoms with E-state index >= 15 is 0 Å². The summed E-state index contributed by atoms with van der Waals surface area (Å²) in [5.41, 5.74) is 0.857. The molecule has 6 heteroatoms. The van der Waals surface area contributed by atoms with Crippen LogP contribution in [0.25, 0.3) is 6.08 Å². The van der Waals surface area contributed by atoms with Gasteiger partial charge in [-0.15, -0.1) is 0 Å². The second kappa shape index (κ2) is 10.7. The number of allylic oxidation sites excluding steroid dienone is 2. The number of carbonyl (C=O) groups is 2. The van der Waals surface area contributed by atoms with E-state index in [0.717, 1.165) is 50.5 Å². The summed E-state index contributed by atoms with van der Waals surface area (Å²) in [5, 5.41) is 32.0. The molecule has 0 aromatic heterocycles. The van der Waals surface area contributed by atoms with Crippen LogP contribution in [0, 0.1) is 56.7 Å². The van der Waals surface area contributed by atoms with Gasteiger partial charge >= 0.3 is 11.9 Å². The molecular weight excluding hydrogens is 564 g/mol. The number of rotatable bonds is 4. The molecule has 1 aromatic rings. The number of aliphatic carboxylic acids is 1. The molecule has 4 saturated carbocycles. The van der Waals surface area contributed by atoms with Gasteiger partial charge in [-0.05, 0) is 121 Å². The quantitative estimate of drug-likeness (QED) is 0.179. The minimum atomic E-state index is -0.780. The van der Waals surface area contributed by atoms with Crippen LogP contribution in [-0.2, 0) is 14.3 Å². The van der Waals surface area contributed by atoms with E-state index in [0.29, 0.717) is 24.2 Å². The lowest BCUT2D eigenvalue weighted by molar-refractivity contribution is -0.238. The first kappa shape index (κ1) is 32.3. The van der Waals surface area contributed by atoms with Crippen molar-refractivity contribution in [3.8, 4) is 5.75 Å². The number of esters is 1. The number of benzene rings is 1. The molecule has 0 heterocycles. The minimum Gasteiger partial charge on any atom is -0.508 e. The van der Waals surface area contributed by atoms with Crippen molar-refractivity contribution in [2.45, 2.75) is 112 Å². The highest BCUT2D eigenvalue weighted by atomic mass is 16.6. The highest BCUT2D eigenvalue weighted by Crippen LogP contribution is 2.75. The standard InChI is InChI=1S/C39H54O6/c1-23-16-19-39(34(43)44)21-20-37(6)27(32(39)24(23)2)13-14-30-36(5)22-28(41)33(35(3,4)29(36)17-18-38(30,37)7)45-31(42)15-10-25-8-11-26(40)12-9-25/h8-13,15,23-24,28-30,32-33,40-41H,14,16-22H2,1-7H3,(H,43,44)/b15-10+/t23-,24+,28-,29+,30?,32?,33+,36+,37-,38-,39+/m1/s1. The van der Waals surface area contributed by atoms with E-state index in [1.165, 1.54) is 11.6 Å². The van der Waals surface area contributed by atoms with Crippen LogP contribution in [0.4, 0.5) is 0 Å². The molecule has 2 unspecified atom stereocenters. The van der Waals surface area contributed by atoms with Crippen molar-refractivity contribution in [3.63, 3.8) is 0 Å². The Morgan fingerprint density at radius 2 is 1.62 bits per heavy atom. The maximum absolute atomic E-state index is 13.0.